The first-order chi connectivity index (χ1) is 11.7. The van der Waals surface area contributed by atoms with Gasteiger partial charge in [0.2, 0.25) is 5.91 Å². The van der Waals surface area contributed by atoms with E-state index < -0.39 is 0 Å². The summed E-state index contributed by atoms with van der Waals surface area (Å²) in [6.07, 6.45) is 2.28. The number of nitrogens with one attached hydrogen (secondary N) is 2. The lowest BCUT2D eigenvalue weighted by molar-refractivity contribution is -0.122. The number of fused-ring (bicyclic) bond motifs is 1. The van der Waals surface area contributed by atoms with Crippen LogP contribution in [0.2, 0.25) is 0 Å². The van der Waals surface area contributed by atoms with Crippen molar-refractivity contribution in [3.8, 4) is 5.75 Å². The standard InChI is InChI=1S/C20H26N2O2/c1-14(20(23)22-10-8-15-7-9-21-13-15)16-3-4-18-12-19(24-2)6-5-17(18)11-16/h3-6,11-12,14-15,21H,7-10,13H2,1-2H3,(H,22,23). The second kappa shape index (κ2) is 7.67. The number of rotatable bonds is 6. The Hall–Kier alpha value is -2.07. The molecule has 1 aliphatic heterocycles. The van der Waals surface area contributed by atoms with Crippen molar-refractivity contribution < 1.29 is 9.53 Å². The van der Waals surface area contributed by atoms with Crippen molar-refractivity contribution in [3.05, 3.63) is 42.0 Å². The molecule has 4 nitrogen and oxygen atoms in total. The Labute approximate surface area is 143 Å². The van der Waals surface area contributed by atoms with Gasteiger partial charge in [-0.25, -0.2) is 0 Å². The van der Waals surface area contributed by atoms with Crippen LogP contribution in [0.4, 0.5) is 0 Å². The van der Waals surface area contributed by atoms with Gasteiger partial charge in [-0.3, -0.25) is 4.79 Å². The smallest absolute Gasteiger partial charge is 0.227 e. The van der Waals surface area contributed by atoms with Crippen molar-refractivity contribution in [1.29, 1.82) is 0 Å². The zero-order chi connectivity index (χ0) is 16.9. The minimum Gasteiger partial charge on any atom is -0.497 e. The minimum absolute atomic E-state index is 0.105. The van der Waals surface area contributed by atoms with E-state index in [4.69, 9.17) is 4.74 Å². The lowest BCUT2D eigenvalue weighted by Crippen LogP contribution is -2.30. The largest absolute Gasteiger partial charge is 0.497 e. The summed E-state index contributed by atoms with van der Waals surface area (Å²) in [6, 6.07) is 12.2. The summed E-state index contributed by atoms with van der Waals surface area (Å²) in [5, 5.41) is 8.70. The average molecular weight is 326 g/mol. The average Bonchev–Trinajstić information content (AvgIpc) is 3.13. The van der Waals surface area contributed by atoms with E-state index in [2.05, 4.69) is 22.8 Å². The van der Waals surface area contributed by atoms with Crippen molar-refractivity contribution in [2.45, 2.75) is 25.7 Å². The van der Waals surface area contributed by atoms with Crippen LogP contribution >= 0.6 is 0 Å². The molecule has 0 saturated carbocycles. The van der Waals surface area contributed by atoms with E-state index in [0.29, 0.717) is 5.92 Å². The summed E-state index contributed by atoms with van der Waals surface area (Å²) >= 11 is 0. The van der Waals surface area contributed by atoms with Crippen molar-refractivity contribution in [1.82, 2.24) is 10.6 Å². The molecule has 1 aliphatic rings. The van der Waals surface area contributed by atoms with Crippen LogP contribution in [0, 0.1) is 5.92 Å². The summed E-state index contributed by atoms with van der Waals surface area (Å²) in [4.78, 5) is 12.4. The predicted octanol–water partition coefficient (Wildman–Crippen LogP) is 3.07. The molecule has 2 atom stereocenters. The molecule has 1 amide bonds. The third-order valence-electron chi connectivity index (χ3n) is 4.98. The molecule has 128 valence electrons. The third kappa shape index (κ3) is 3.88. The maximum Gasteiger partial charge on any atom is 0.227 e. The van der Waals surface area contributed by atoms with Gasteiger partial charge in [0, 0.05) is 6.54 Å². The summed E-state index contributed by atoms with van der Waals surface area (Å²) in [7, 11) is 1.67. The topological polar surface area (TPSA) is 50.4 Å². The number of methoxy groups -OCH3 is 1. The minimum atomic E-state index is -0.141. The van der Waals surface area contributed by atoms with Gasteiger partial charge in [0.05, 0.1) is 13.0 Å². The van der Waals surface area contributed by atoms with E-state index in [-0.39, 0.29) is 11.8 Å². The summed E-state index contributed by atoms with van der Waals surface area (Å²) < 4.78 is 5.26. The third-order valence-corrected chi connectivity index (χ3v) is 4.98. The molecular weight excluding hydrogens is 300 g/mol. The highest BCUT2D eigenvalue weighted by Gasteiger charge is 2.17. The number of carbonyl (C=O) groups excluding carboxylic acids is 1. The Morgan fingerprint density at radius 1 is 1.29 bits per heavy atom. The molecule has 0 radical (unpaired) electrons. The summed E-state index contributed by atoms with van der Waals surface area (Å²) in [6.45, 7) is 4.92. The number of benzene rings is 2. The second-order valence-corrected chi connectivity index (χ2v) is 6.63. The van der Waals surface area contributed by atoms with Crippen LogP contribution in [-0.2, 0) is 4.79 Å². The van der Waals surface area contributed by atoms with Crippen LogP contribution in [0.1, 0.15) is 31.2 Å². The maximum absolute atomic E-state index is 12.4. The fraction of sp³-hybridized carbons (Fsp3) is 0.450. The molecule has 1 heterocycles. The molecule has 2 N–H and O–H groups in total. The van der Waals surface area contributed by atoms with Crippen LogP contribution in [-0.4, -0.2) is 32.7 Å². The number of hydrogen-bond donors (Lipinski definition) is 2. The normalized spacial score (nSPS) is 18.5. The first-order valence-electron chi connectivity index (χ1n) is 8.73. The van der Waals surface area contributed by atoms with Crippen LogP contribution in [0.5, 0.6) is 5.75 Å². The number of hydrogen-bond acceptors (Lipinski definition) is 3. The fourth-order valence-electron chi connectivity index (χ4n) is 3.30. The van der Waals surface area contributed by atoms with Crippen LogP contribution in [0.3, 0.4) is 0 Å². The molecule has 4 heteroatoms. The highest BCUT2D eigenvalue weighted by atomic mass is 16.5. The Bertz CT molecular complexity index is 708. The van der Waals surface area contributed by atoms with Crippen molar-refractivity contribution in [3.63, 3.8) is 0 Å². The van der Waals surface area contributed by atoms with E-state index in [9.17, 15) is 4.79 Å². The van der Waals surface area contributed by atoms with Gasteiger partial charge in [-0.15, -0.1) is 0 Å². The fourth-order valence-corrected chi connectivity index (χ4v) is 3.30. The van der Waals surface area contributed by atoms with E-state index in [0.717, 1.165) is 48.1 Å². The lowest BCUT2D eigenvalue weighted by Gasteiger charge is -2.15. The van der Waals surface area contributed by atoms with Crippen LogP contribution in [0.25, 0.3) is 10.8 Å². The molecule has 2 aromatic rings. The molecule has 2 aromatic carbocycles. The quantitative estimate of drug-likeness (QED) is 0.858. The molecule has 0 aliphatic carbocycles. The van der Waals surface area contributed by atoms with E-state index in [1.54, 1.807) is 7.11 Å². The van der Waals surface area contributed by atoms with E-state index >= 15 is 0 Å². The zero-order valence-electron chi connectivity index (χ0n) is 14.5. The van der Waals surface area contributed by atoms with Gasteiger partial charge < -0.3 is 15.4 Å². The molecule has 24 heavy (non-hydrogen) atoms. The van der Waals surface area contributed by atoms with Gasteiger partial charge in [-0.2, -0.15) is 0 Å². The molecule has 0 aromatic heterocycles. The van der Waals surface area contributed by atoms with Gasteiger partial charge in [-0.05, 0) is 67.2 Å². The lowest BCUT2D eigenvalue weighted by atomic mass is 9.96. The van der Waals surface area contributed by atoms with Gasteiger partial charge in [-0.1, -0.05) is 24.3 Å². The highest BCUT2D eigenvalue weighted by molar-refractivity contribution is 5.88. The van der Waals surface area contributed by atoms with Crippen molar-refractivity contribution in [2.24, 2.45) is 5.92 Å². The first kappa shape index (κ1) is 16.8. The summed E-state index contributed by atoms with van der Waals surface area (Å²) in [5.74, 6) is 1.52. The van der Waals surface area contributed by atoms with Crippen molar-refractivity contribution in [2.75, 3.05) is 26.7 Å². The summed E-state index contributed by atoms with van der Waals surface area (Å²) in [5.41, 5.74) is 1.05. The zero-order valence-corrected chi connectivity index (χ0v) is 14.5. The Morgan fingerprint density at radius 2 is 2.08 bits per heavy atom. The molecule has 3 rings (SSSR count). The van der Waals surface area contributed by atoms with E-state index in [1.165, 1.54) is 6.42 Å². The number of amides is 1. The molecule has 1 saturated heterocycles. The second-order valence-electron chi connectivity index (χ2n) is 6.63. The van der Waals surface area contributed by atoms with Gasteiger partial charge in [0.1, 0.15) is 5.75 Å². The van der Waals surface area contributed by atoms with Crippen LogP contribution < -0.4 is 15.4 Å². The molecule has 2 unspecified atom stereocenters. The number of ether oxygens (including phenoxy) is 1. The van der Waals surface area contributed by atoms with Gasteiger partial charge in [0.25, 0.3) is 0 Å². The Morgan fingerprint density at radius 3 is 2.83 bits per heavy atom. The first-order valence-corrected chi connectivity index (χ1v) is 8.73. The molecular formula is C20H26N2O2. The maximum atomic E-state index is 12.4. The molecule has 1 fully saturated rings. The SMILES string of the molecule is COc1ccc2cc(C(C)C(=O)NCCC3CCNC3)ccc2c1. The Balaban J connectivity index is 1.61. The van der Waals surface area contributed by atoms with Gasteiger partial charge >= 0.3 is 0 Å². The van der Waals surface area contributed by atoms with Gasteiger partial charge in [0.15, 0.2) is 0 Å². The van der Waals surface area contributed by atoms with Crippen molar-refractivity contribution >= 4 is 16.7 Å². The predicted molar refractivity (Wildman–Crippen MR) is 97.5 cm³/mol. The Kier molecular flexibility index (Phi) is 5.36. The monoisotopic (exact) mass is 326 g/mol. The number of carbonyl (C=O) groups is 1. The molecule has 0 bridgehead atoms. The molecule has 0 spiro atoms. The van der Waals surface area contributed by atoms with E-state index in [1.807, 2.05) is 31.2 Å². The van der Waals surface area contributed by atoms with Crippen LogP contribution in [0.15, 0.2) is 36.4 Å². The highest BCUT2D eigenvalue weighted by Crippen LogP contribution is 2.25.